The molecule has 0 heterocycles. The van der Waals surface area contributed by atoms with E-state index in [0.29, 0.717) is 6.54 Å². The summed E-state index contributed by atoms with van der Waals surface area (Å²) in [4.78, 5) is 12.1. The summed E-state index contributed by atoms with van der Waals surface area (Å²) < 4.78 is 0. The SMILES string of the molecule is CCN/C=C(/C#N)C(=O)NC(C)c1ccc2c(c1)CCCC2. The number of hydrogen-bond acceptors (Lipinski definition) is 3. The van der Waals surface area contributed by atoms with Crippen LogP contribution in [0.15, 0.2) is 30.0 Å². The van der Waals surface area contributed by atoms with Crippen molar-refractivity contribution in [1.29, 1.82) is 5.26 Å². The van der Waals surface area contributed by atoms with E-state index >= 15 is 0 Å². The first-order valence-corrected chi connectivity index (χ1v) is 7.92. The smallest absolute Gasteiger partial charge is 0.263 e. The van der Waals surface area contributed by atoms with E-state index < -0.39 is 0 Å². The summed E-state index contributed by atoms with van der Waals surface area (Å²) in [6.07, 6.45) is 6.24. The fourth-order valence-electron chi connectivity index (χ4n) is 2.73. The Labute approximate surface area is 132 Å². The molecule has 1 aliphatic carbocycles. The van der Waals surface area contributed by atoms with Crippen molar-refractivity contribution in [1.82, 2.24) is 10.6 Å². The van der Waals surface area contributed by atoms with Crippen LogP contribution in [0.2, 0.25) is 0 Å². The van der Waals surface area contributed by atoms with Crippen LogP contribution in [-0.2, 0) is 17.6 Å². The second-order valence-electron chi connectivity index (χ2n) is 5.66. The Morgan fingerprint density at radius 1 is 1.36 bits per heavy atom. The number of rotatable bonds is 5. The van der Waals surface area contributed by atoms with E-state index in [4.69, 9.17) is 5.26 Å². The molecular weight excluding hydrogens is 274 g/mol. The van der Waals surface area contributed by atoms with Crippen molar-refractivity contribution in [2.24, 2.45) is 0 Å². The molecule has 1 aliphatic rings. The summed E-state index contributed by atoms with van der Waals surface area (Å²) in [7, 11) is 0. The molecule has 0 saturated carbocycles. The van der Waals surface area contributed by atoms with Crippen LogP contribution in [-0.4, -0.2) is 12.5 Å². The summed E-state index contributed by atoms with van der Waals surface area (Å²) >= 11 is 0. The summed E-state index contributed by atoms with van der Waals surface area (Å²) in [5, 5.41) is 14.8. The number of carbonyl (C=O) groups excluding carboxylic acids is 1. The molecule has 0 bridgehead atoms. The van der Waals surface area contributed by atoms with Gasteiger partial charge in [-0.15, -0.1) is 0 Å². The van der Waals surface area contributed by atoms with E-state index in [1.54, 1.807) is 0 Å². The molecule has 0 aromatic heterocycles. The van der Waals surface area contributed by atoms with Crippen LogP contribution in [0.25, 0.3) is 0 Å². The lowest BCUT2D eigenvalue weighted by molar-refractivity contribution is -0.117. The Morgan fingerprint density at radius 2 is 2.09 bits per heavy atom. The van der Waals surface area contributed by atoms with Crippen LogP contribution in [0.1, 0.15) is 49.4 Å². The van der Waals surface area contributed by atoms with Gasteiger partial charge in [-0.1, -0.05) is 18.2 Å². The number of benzene rings is 1. The zero-order valence-corrected chi connectivity index (χ0v) is 13.3. The average molecular weight is 297 g/mol. The molecule has 0 spiro atoms. The van der Waals surface area contributed by atoms with Crippen LogP contribution in [0.3, 0.4) is 0 Å². The Kier molecular flexibility index (Phi) is 5.60. The fraction of sp³-hybridized carbons (Fsp3) is 0.444. The van der Waals surface area contributed by atoms with Crippen LogP contribution in [0.5, 0.6) is 0 Å². The topological polar surface area (TPSA) is 64.9 Å². The first-order chi connectivity index (χ1) is 10.7. The number of fused-ring (bicyclic) bond motifs is 1. The molecule has 4 nitrogen and oxygen atoms in total. The maximum Gasteiger partial charge on any atom is 0.263 e. The molecule has 4 heteroatoms. The average Bonchev–Trinajstić information content (AvgIpc) is 2.55. The van der Waals surface area contributed by atoms with Crippen molar-refractivity contribution < 1.29 is 4.79 Å². The van der Waals surface area contributed by atoms with Gasteiger partial charge < -0.3 is 10.6 Å². The van der Waals surface area contributed by atoms with Gasteiger partial charge in [0.1, 0.15) is 11.6 Å². The standard InChI is InChI=1S/C18H23N3O/c1-3-20-12-17(11-19)18(22)21-13(2)15-9-8-14-6-4-5-7-16(14)10-15/h8-10,12-13,20H,3-7H2,1-2H3,(H,21,22)/b17-12-. The van der Waals surface area contributed by atoms with E-state index in [1.165, 1.54) is 30.2 Å². The quantitative estimate of drug-likeness (QED) is 0.649. The molecule has 22 heavy (non-hydrogen) atoms. The van der Waals surface area contributed by atoms with Crippen molar-refractivity contribution in [3.05, 3.63) is 46.7 Å². The maximum absolute atomic E-state index is 12.1. The highest BCUT2D eigenvalue weighted by molar-refractivity contribution is 5.97. The number of carbonyl (C=O) groups is 1. The van der Waals surface area contributed by atoms with Gasteiger partial charge in [-0.25, -0.2) is 0 Å². The molecule has 2 rings (SSSR count). The first-order valence-electron chi connectivity index (χ1n) is 7.92. The summed E-state index contributed by atoms with van der Waals surface area (Å²) in [5.74, 6) is -0.339. The van der Waals surface area contributed by atoms with Crippen LogP contribution < -0.4 is 10.6 Å². The van der Waals surface area contributed by atoms with Gasteiger partial charge >= 0.3 is 0 Å². The number of nitriles is 1. The zero-order valence-electron chi connectivity index (χ0n) is 13.3. The van der Waals surface area contributed by atoms with Gasteiger partial charge in [-0.2, -0.15) is 5.26 Å². The number of nitrogens with one attached hydrogen (secondary N) is 2. The van der Waals surface area contributed by atoms with Gasteiger partial charge in [0.05, 0.1) is 6.04 Å². The van der Waals surface area contributed by atoms with Gasteiger partial charge in [0.15, 0.2) is 0 Å². The summed E-state index contributed by atoms with van der Waals surface area (Å²) in [6.45, 7) is 4.54. The molecule has 0 aliphatic heterocycles. The van der Waals surface area contributed by atoms with Crippen LogP contribution in [0, 0.1) is 11.3 Å². The second-order valence-corrected chi connectivity index (χ2v) is 5.66. The Morgan fingerprint density at radius 3 is 2.77 bits per heavy atom. The maximum atomic E-state index is 12.1. The predicted molar refractivity (Wildman–Crippen MR) is 87.0 cm³/mol. The van der Waals surface area contributed by atoms with E-state index in [2.05, 4.69) is 28.8 Å². The lowest BCUT2D eigenvalue weighted by Gasteiger charge is -2.20. The third-order valence-electron chi connectivity index (χ3n) is 4.04. The third kappa shape index (κ3) is 3.88. The van der Waals surface area contributed by atoms with E-state index in [1.807, 2.05) is 19.9 Å². The summed E-state index contributed by atoms with van der Waals surface area (Å²) in [6, 6.07) is 8.26. The highest BCUT2D eigenvalue weighted by Crippen LogP contribution is 2.24. The number of nitrogens with zero attached hydrogens (tertiary/aromatic N) is 1. The first kappa shape index (κ1) is 16.1. The minimum atomic E-state index is -0.339. The van der Waals surface area contributed by atoms with Crippen molar-refractivity contribution in [2.75, 3.05) is 6.54 Å². The molecule has 1 aromatic carbocycles. The van der Waals surface area contributed by atoms with Gasteiger partial charge in [0.25, 0.3) is 5.91 Å². The minimum absolute atomic E-state index is 0.103. The van der Waals surface area contributed by atoms with E-state index in [9.17, 15) is 4.79 Å². The number of amides is 1. The zero-order chi connectivity index (χ0) is 15.9. The molecular formula is C18H23N3O. The summed E-state index contributed by atoms with van der Waals surface area (Å²) in [5.41, 5.74) is 4.02. The molecule has 1 unspecified atom stereocenters. The van der Waals surface area contributed by atoms with Gasteiger partial charge in [0.2, 0.25) is 0 Å². The third-order valence-corrected chi connectivity index (χ3v) is 4.04. The molecule has 0 saturated heterocycles. The molecule has 1 atom stereocenters. The predicted octanol–water partition coefficient (Wildman–Crippen LogP) is 2.76. The highest BCUT2D eigenvalue weighted by atomic mass is 16.1. The van der Waals surface area contributed by atoms with Gasteiger partial charge in [-0.3, -0.25) is 4.79 Å². The largest absolute Gasteiger partial charge is 0.390 e. The Hall–Kier alpha value is -2.28. The van der Waals surface area contributed by atoms with E-state index in [-0.39, 0.29) is 17.5 Å². The van der Waals surface area contributed by atoms with E-state index in [0.717, 1.165) is 18.4 Å². The molecule has 116 valence electrons. The van der Waals surface area contributed by atoms with Gasteiger partial charge in [-0.05, 0) is 56.2 Å². The molecule has 1 amide bonds. The molecule has 1 aromatic rings. The molecule has 2 N–H and O–H groups in total. The number of hydrogen-bond donors (Lipinski definition) is 2. The van der Waals surface area contributed by atoms with Crippen molar-refractivity contribution in [2.45, 2.75) is 45.6 Å². The van der Waals surface area contributed by atoms with Crippen molar-refractivity contribution >= 4 is 5.91 Å². The minimum Gasteiger partial charge on any atom is -0.390 e. The van der Waals surface area contributed by atoms with Crippen LogP contribution in [0.4, 0.5) is 0 Å². The normalized spacial score (nSPS) is 15.4. The lowest BCUT2D eigenvalue weighted by atomic mass is 9.89. The molecule has 0 radical (unpaired) electrons. The van der Waals surface area contributed by atoms with Crippen molar-refractivity contribution in [3.63, 3.8) is 0 Å². The second kappa shape index (κ2) is 7.65. The van der Waals surface area contributed by atoms with Crippen LogP contribution >= 0.6 is 0 Å². The monoisotopic (exact) mass is 297 g/mol. The number of aryl methyl sites for hydroxylation is 2. The van der Waals surface area contributed by atoms with Crippen molar-refractivity contribution in [3.8, 4) is 6.07 Å². The lowest BCUT2D eigenvalue weighted by Crippen LogP contribution is -2.28. The fourth-order valence-corrected chi connectivity index (χ4v) is 2.73. The molecule has 0 fully saturated rings. The Balaban J connectivity index is 2.07. The highest BCUT2D eigenvalue weighted by Gasteiger charge is 2.16. The Bertz CT molecular complexity index is 613. The van der Waals surface area contributed by atoms with Gasteiger partial charge in [0, 0.05) is 12.7 Å².